The number of hydrogen-bond donors (Lipinski definition) is 2. The van der Waals surface area contributed by atoms with E-state index < -0.39 is 12.0 Å². The zero-order chi connectivity index (χ0) is 13.7. The molecule has 0 fully saturated rings. The Labute approximate surface area is 105 Å². The number of carbonyl (C=O) groups is 2. The SMILES string of the molecule is CCC(C(=O)O)N(C)c1ccc(C(=O)NC)nn1. The number of hydrogen-bond acceptors (Lipinski definition) is 5. The lowest BCUT2D eigenvalue weighted by atomic mass is 10.2. The average Bonchev–Trinajstić information content (AvgIpc) is 2.38. The van der Waals surface area contributed by atoms with Crippen molar-refractivity contribution in [3.63, 3.8) is 0 Å². The summed E-state index contributed by atoms with van der Waals surface area (Å²) < 4.78 is 0. The van der Waals surface area contributed by atoms with Gasteiger partial charge in [0.05, 0.1) is 0 Å². The Morgan fingerprint density at radius 3 is 2.50 bits per heavy atom. The van der Waals surface area contributed by atoms with E-state index in [1.807, 2.05) is 0 Å². The van der Waals surface area contributed by atoms with E-state index in [1.165, 1.54) is 18.0 Å². The number of carboxylic acid groups (broad SMARTS) is 1. The van der Waals surface area contributed by atoms with Crippen molar-refractivity contribution in [2.75, 3.05) is 19.0 Å². The van der Waals surface area contributed by atoms with Gasteiger partial charge in [-0.3, -0.25) is 4.79 Å². The maximum absolute atomic E-state index is 11.3. The summed E-state index contributed by atoms with van der Waals surface area (Å²) in [6.45, 7) is 1.78. The van der Waals surface area contributed by atoms with Gasteiger partial charge in [-0.25, -0.2) is 4.79 Å². The van der Waals surface area contributed by atoms with Crippen molar-refractivity contribution in [2.24, 2.45) is 0 Å². The molecule has 1 rings (SSSR count). The summed E-state index contributed by atoms with van der Waals surface area (Å²) in [4.78, 5) is 23.8. The fourth-order valence-electron chi connectivity index (χ4n) is 1.54. The molecule has 0 aliphatic heterocycles. The van der Waals surface area contributed by atoms with Gasteiger partial charge in [-0.2, -0.15) is 0 Å². The van der Waals surface area contributed by atoms with Gasteiger partial charge in [-0.15, -0.1) is 10.2 Å². The number of rotatable bonds is 5. The molecule has 7 heteroatoms. The minimum atomic E-state index is -0.919. The molecule has 1 heterocycles. The number of nitrogens with zero attached hydrogens (tertiary/aromatic N) is 3. The lowest BCUT2D eigenvalue weighted by Gasteiger charge is -2.24. The highest BCUT2D eigenvalue weighted by Gasteiger charge is 2.22. The molecular weight excluding hydrogens is 236 g/mol. The normalized spacial score (nSPS) is 11.7. The Balaban J connectivity index is 2.90. The molecule has 0 aliphatic carbocycles. The highest BCUT2D eigenvalue weighted by molar-refractivity contribution is 5.91. The van der Waals surface area contributed by atoms with Gasteiger partial charge in [-0.1, -0.05) is 6.92 Å². The quantitative estimate of drug-likeness (QED) is 0.773. The first kappa shape index (κ1) is 13.9. The van der Waals surface area contributed by atoms with Crippen molar-refractivity contribution in [1.82, 2.24) is 15.5 Å². The van der Waals surface area contributed by atoms with Gasteiger partial charge in [-0.05, 0) is 18.6 Å². The van der Waals surface area contributed by atoms with Gasteiger partial charge in [0.15, 0.2) is 11.5 Å². The minimum Gasteiger partial charge on any atom is -0.480 e. The molecule has 1 aromatic heterocycles. The van der Waals surface area contributed by atoms with Gasteiger partial charge in [0.2, 0.25) is 0 Å². The van der Waals surface area contributed by atoms with E-state index in [4.69, 9.17) is 5.11 Å². The molecule has 1 atom stereocenters. The van der Waals surface area contributed by atoms with Gasteiger partial charge >= 0.3 is 5.97 Å². The third-order valence-electron chi connectivity index (χ3n) is 2.61. The third kappa shape index (κ3) is 2.93. The molecule has 1 aromatic rings. The summed E-state index contributed by atoms with van der Waals surface area (Å²) >= 11 is 0. The van der Waals surface area contributed by atoms with Crippen LogP contribution in [0, 0.1) is 0 Å². The molecule has 0 spiro atoms. The van der Waals surface area contributed by atoms with Crippen LogP contribution in [0.1, 0.15) is 23.8 Å². The average molecular weight is 252 g/mol. The third-order valence-corrected chi connectivity index (χ3v) is 2.61. The van der Waals surface area contributed by atoms with Gasteiger partial charge in [0.25, 0.3) is 5.91 Å². The number of aliphatic carboxylic acids is 1. The van der Waals surface area contributed by atoms with Crippen LogP contribution in [0.4, 0.5) is 5.82 Å². The van der Waals surface area contributed by atoms with Gasteiger partial charge in [0, 0.05) is 14.1 Å². The van der Waals surface area contributed by atoms with Crippen LogP contribution in [-0.4, -0.2) is 47.3 Å². The van der Waals surface area contributed by atoms with Crippen LogP contribution in [0.3, 0.4) is 0 Å². The van der Waals surface area contributed by atoms with Crippen molar-refractivity contribution in [3.05, 3.63) is 17.8 Å². The van der Waals surface area contributed by atoms with Crippen LogP contribution >= 0.6 is 0 Å². The second-order valence-corrected chi connectivity index (χ2v) is 3.73. The van der Waals surface area contributed by atoms with Crippen molar-refractivity contribution < 1.29 is 14.7 Å². The molecule has 18 heavy (non-hydrogen) atoms. The molecular formula is C11H16N4O3. The fourth-order valence-corrected chi connectivity index (χ4v) is 1.54. The maximum Gasteiger partial charge on any atom is 0.326 e. The first-order valence-electron chi connectivity index (χ1n) is 5.52. The highest BCUT2D eigenvalue weighted by atomic mass is 16.4. The summed E-state index contributed by atoms with van der Waals surface area (Å²) in [7, 11) is 3.13. The van der Waals surface area contributed by atoms with E-state index in [2.05, 4.69) is 15.5 Å². The van der Waals surface area contributed by atoms with E-state index in [1.54, 1.807) is 20.0 Å². The van der Waals surface area contributed by atoms with Crippen LogP contribution in [-0.2, 0) is 4.79 Å². The number of anilines is 1. The molecule has 0 radical (unpaired) electrons. The molecule has 2 N–H and O–H groups in total. The van der Waals surface area contributed by atoms with Gasteiger partial charge in [0.1, 0.15) is 6.04 Å². The molecule has 7 nitrogen and oxygen atoms in total. The van der Waals surface area contributed by atoms with E-state index in [9.17, 15) is 9.59 Å². The van der Waals surface area contributed by atoms with Crippen LogP contribution < -0.4 is 10.2 Å². The van der Waals surface area contributed by atoms with Gasteiger partial charge < -0.3 is 15.3 Å². The highest BCUT2D eigenvalue weighted by Crippen LogP contribution is 2.13. The summed E-state index contributed by atoms with van der Waals surface area (Å²) in [5.41, 5.74) is 0.193. The standard InChI is InChI=1S/C11H16N4O3/c1-4-8(11(17)18)15(3)9-6-5-7(13-14-9)10(16)12-2/h5-6,8H,4H2,1-3H3,(H,12,16)(H,17,18). The van der Waals surface area contributed by atoms with Crippen LogP contribution in [0.25, 0.3) is 0 Å². The van der Waals surface area contributed by atoms with E-state index in [0.29, 0.717) is 12.2 Å². The first-order valence-corrected chi connectivity index (χ1v) is 5.52. The van der Waals surface area contributed by atoms with Crippen molar-refractivity contribution in [1.29, 1.82) is 0 Å². The summed E-state index contributed by atoms with van der Waals surface area (Å²) in [6, 6.07) is 2.42. The lowest BCUT2D eigenvalue weighted by molar-refractivity contribution is -0.138. The number of carboxylic acids is 1. The second-order valence-electron chi connectivity index (χ2n) is 3.73. The van der Waals surface area contributed by atoms with E-state index in [0.717, 1.165) is 0 Å². The summed E-state index contributed by atoms with van der Waals surface area (Å²) in [6.07, 6.45) is 0.449. The Morgan fingerprint density at radius 2 is 2.11 bits per heavy atom. The number of carbonyl (C=O) groups excluding carboxylic acids is 1. The fraction of sp³-hybridized carbons (Fsp3) is 0.455. The molecule has 0 saturated carbocycles. The largest absolute Gasteiger partial charge is 0.480 e. The Bertz CT molecular complexity index is 432. The predicted octanol–water partition coefficient (Wildman–Crippen LogP) is 0.136. The zero-order valence-electron chi connectivity index (χ0n) is 10.5. The van der Waals surface area contributed by atoms with Crippen molar-refractivity contribution >= 4 is 17.7 Å². The zero-order valence-corrected chi connectivity index (χ0v) is 10.5. The summed E-state index contributed by atoms with van der Waals surface area (Å²) in [5.74, 6) is -0.837. The number of amides is 1. The van der Waals surface area contributed by atoms with Crippen molar-refractivity contribution in [2.45, 2.75) is 19.4 Å². The number of likely N-dealkylation sites (N-methyl/N-ethyl adjacent to an activating group) is 1. The van der Waals surface area contributed by atoms with E-state index >= 15 is 0 Å². The molecule has 1 amide bonds. The topological polar surface area (TPSA) is 95.4 Å². The van der Waals surface area contributed by atoms with Crippen LogP contribution in [0.15, 0.2) is 12.1 Å². The molecule has 0 aliphatic rings. The molecule has 0 aromatic carbocycles. The lowest BCUT2D eigenvalue weighted by Crippen LogP contribution is -2.38. The first-order chi connectivity index (χ1) is 8.51. The Morgan fingerprint density at radius 1 is 1.44 bits per heavy atom. The number of aromatic nitrogens is 2. The smallest absolute Gasteiger partial charge is 0.326 e. The van der Waals surface area contributed by atoms with Crippen molar-refractivity contribution in [3.8, 4) is 0 Å². The molecule has 0 bridgehead atoms. The monoisotopic (exact) mass is 252 g/mol. The maximum atomic E-state index is 11.3. The van der Waals surface area contributed by atoms with Crippen LogP contribution in [0.2, 0.25) is 0 Å². The summed E-state index contributed by atoms with van der Waals surface area (Å²) in [5, 5.41) is 19.1. The Hall–Kier alpha value is -2.18. The minimum absolute atomic E-state index is 0.193. The molecule has 98 valence electrons. The Kier molecular flexibility index (Phi) is 4.59. The van der Waals surface area contributed by atoms with Crippen LogP contribution in [0.5, 0.6) is 0 Å². The molecule has 1 unspecified atom stereocenters. The molecule has 0 saturated heterocycles. The van der Waals surface area contributed by atoms with E-state index in [-0.39, 0.29) is 11.6 Å². The second kappa shape index (κ2) is 5.95. The predicted molar refractivity (Wildman–Crippen MR) is 65.5 cm³/mol. The number of nitrogens with one attached hydrogen (secondary N) is 1.